The number of carbonyl (C=O) groups is 2. The largest absolute Gasteiger partial charge is 0.368 e. The van der Waals surface area contributed by atoms with Gasteiger partial charge in [0.2, 0.25) is 11.8 Å². The van der Waals surface area contributed by atoms with E-state index in [1.807, 2.05) is 35.2 Å². The van der Waals surface area contributed by atoms with Crippen molar-refractivity contribution in [2.24, 2.45) is 5.92 Å². The lowest BCUT2D eigenvalue weighted by Gasteiger charge is -2.41. The lowest BCUT2D eigenvalue weighted by atomic mass is 9.78. The number of amides is 2. The van der Waals surface area contributed by atoms with Crippen LogP contribution < -0.4 is 10.2 Å². The molecular formula is C25H28N4O2. The lowest BCUT2D eigenvalue weighted by Crippen LogP contribution is -2.57. The Labute approximate surface area is 182 Å². The molecule has 6 nitrogen and oxygen atoms in total. The zero-order valence-electron chi connectivity index (χ0n) is 17.7. The number of para-hydroxylation sites is 2. The number of rotatable bonds is 2. The van der Waals surface area contributed by atoms with Crippen LogP contribution in [-0.2, 0) is 15.1 Å². The molecule has 0 aliphatic carbocycles. The monoisotopic (exact) mass is 416 g/mol. The summed E-state index contributed by atoms with van der Waals surface area (Å²) in [5.74, 6) is -0.182. The van der Waals surface area contributed by atoms with Crippen molar-refractivity contribution >= 4 is 23.2 Å². The summed E-state index contributed by atoms with van der Waals surface area (Å²) in [6.07, 6.45) is 2.95. The van der Waals surface area contributed by atoms with Gasteiger partial charge in [-0.05, 0) is 44.0 Å². The molecule has 0 radical (unpaired) electrons. The number of nitrogens with one attached hydrogen (secondary N) is 1. The van der Waals surface area contributed by atoms with Crippen molar-refractivity contribution in [3.8, 4) is 0 Å². The first-order chi connectivity index (χ1) is 15.2. The van der Waals surface area contributed by atoms with Gasteiger partial charge in [-0.25, -0.2) is 0 Å². The molecule has 2 amide bonds. The number of hydrogen-bond acceptors (Lipinski definition) is 4. The maximum Gasteiger partial charge on any atom is 0.250 e. The summed E-state index contributed by atoms with van der Waals surface area (Å²) in [5.41, 5.74) is 2.22. The quantitative estimate of drug-likeness (QED) is 0.818. The number of carbonyl (C=O) groups excluding carboxylic acids is 2. The molecule has 2 aromatic carbocycles. The van der Waals surface area contributed by atoms with Crippen LogP contribution >= 0.6 is 0 Å². The van der Waals surface area contributed by atoms with Gasteiger partial charge < -0.3 is 15.1 Å². The highest BCUT2D eigenvalue weighted by Gasteiger charge is 2.65. The van der Waals surface area contributed by atoms with Crippen LogP contribution in [0.2, 0.25) is 0 Å². The van der Waals surface area contributed by atoms with E-state index in [0.29, 0.717) is 19.1 Å². The Bertz CT molecular complexity index is 1020. The van der Waals surface area contributed by atoms with Gasteiger partial charge in [0.25, 0.3) is 0 Å². The molecule has 2 aromatic rings. The fourth-order valence-electron chi connectivity index (χ4n) is 6.41. The molecule has 1 N–H and O–H groups in total. The topological polar surface area (TPSA) is 55.9 Å². The predicted octanol–water partition coefficient (Wildman–Crippen LogP) is 2.67. The number of piperazine rings is 1. The Morgan fingerprint density at radius 1 is 0.935 bits per heavy atom. The maximum atomic E-state index is 13.9. The summed E-state index contributed by atoms with van der Waals surface area (Å²) in [4.78, 5) is 34.1. The van der Waals surface area contributed by atoms with Crippen molar-refractivity contribution in [2.75, 3.05) is 42.9 Å². The van der Waals surface area contributed by atoms with Gasteiger partial charge in [0.1, 0.15) is 5.54 Å². The summed E-state index contributed by atoms with van der Waals surface area (Å²) < 4.78 is 0. The Morgan fingerprint density at radius 2 is 1.68 bits per heavy atom. The van der Waals surface area contributed by atoms with E-state index < -0.39 is 5.54 Å². The van der Waals surface area contributed by atoms with E-state index in [2.05, 4.69) is 39.4 Å². The summed E-state index contributed by atoms with van der Waals surface area (Å²) in [5, 5.41) is 3.10. The van der Waals surface area contributed by atoms with Gasteiger partial charge in [-0.2, -0.15) is 0 Å². The second-order valence-electron chi connectivity index (χ2n) is 9.19. The van der Waals surface area contributed by atoms with E-state index in [1.54, 1.807) is 0 Å². The number of fused-ring (bicyclic) bond motifs is 4. The molecule has 3 saturated heterocycles. The van der Waals surface area contributed by atoms with E-state index in [4.69, 9.17) is 0 Å². The van der Waals surface area contributed by atoms with Crippen molar-refractivity contribution in [1.29, 1.82) is 0 Å². The summed E-state index contributed by atoms with van der Waals surface area (Å²) in [7, 11) is 0. The molecule has 1 spiro atoms. The summed E-state index contributed by atoms with van der Waals surface area (Å²) in [6, 6.07) is 18.6. The average Bonchev–Trinajstić information content (AvgIpc) is 3.48. The minimum Gasteiger partial charge on any atom is -0.368 e. The Balaban J connectivity index is 1.29. The third-order valence-corrected chi connectivity index (χ3v) is 7.79. The normalized spacial score (nSPS) is 29.9. The third kappa shape index (κ3) is 2.67. The molecule has 0 aromatic heterocycles. The second kappa shape index (κ2) is 7.09. The molecule has 3 atom stereocenters. The minimum atomic E-state index is -0.842. The molecule has 3 unspecified atom stereocenters. The van der Waals surface area contributed by atoms with Gasteiger partial charge in [0, 0.05) is 49.2 Å². The van der Waals surface area contributed by atoms with Gasteiger partial charge in [-0.15, -0.1) is 0 Å². The number of benzene rings is 2. The molecular weight excluding hydrogens is 388 g/mol. The standard InChI is InChI=1S/C25H28N4O2/c30-23(28-15-13-27(14-16-28)18-7-2-1-3-8-18)21-17-19-9-6-12-29(19)25(21)20-10-4-5-11-22(20)26-24(25)31/h1-5,7-8,10-11,19,21H,6,9,12-17H2,(H,26,31). The number of anilines is 2. The molecule has 6 heteroatoms. The van der Waals surface area contributed by atoms with Gasteiger partial charge in [0.05, 0.1) is 5.92 Å². The van der Waals surface area contributed by atoms with Crippen LogP contribution in [0.15, 0.2) is 54.6 Å². The highest BCUT2D eigenvalue weighted by atomic mass is 16.2. The van der Waals surface area contributed by atoms with E-state index in [-0.39, 0.29) is 17.7 Å². The van der Waals surface area contributed by atoms with E-state index in [1.165, 1.54) is 5.69 Å². The van der Waals surface area contributed by atoms with Crippen molar-refractivity contribution in [1.82, 2.24) is 9.80 Å². The minimum absolute atomic E-state index is 0.0145. The van der Waals surface area contributed by atoms with Crippen LogP contribution in [0.3, 0.4) is 0 Å². The van der Waals surface area contributed by atoms with E-state index >= 15 is 0 Å². The molecule has 160 valence electrons. The summed E-state index contributed by atoms with van der Waals surface area (Å²) >= 11 is 0. The zero-order chi connectivity index (χ0) is 21.0. The van der Waals surface area contributed by atoms with Gasteiger partial charge >= 0.3 is 0 Å². The SMILES string of the molecule is O=C(C1CC2CCCN2C12C(=O)Nc1ccccc12)N1CCN(c2ccccc2)CC1. The van der Waals surface area contributed by atoms with E-state index in [9.17, 15) is 9.59 Å². The van der Waals surface area contributed by atoms with Gasteiger partial charge in [0.15, 0.2) is 0 Å². The third-order valence-electron chi connectivity index (χ3n) is 7.79. The Morgan fingerprint density at radius 3 is 2.48 bits per heavy atom. The molecule has 3 fully saturated rings. The number of hydrogen-bond donors (Lipinski definition) is 1. The van der Waals surface area contributed by atoms with E-state index in [0.717, 1.165) is 50.1 Å². The highest BCUT2D eigenvalue weighted by molar-refractivity contribution is 6.09. The van der Waals surface area contributed by atoms with Crippen molar-refractivity contribution in [3.63, 3.8) is 0 Å². The van der Waals surface area contributed by atoms with Crippen molar-refractivity contribution in [2.45, 2.75) is 30.8 Å². The van der Waals surface area contributed by atoms with Gasteiger partial charge in [-0.3, -0.25) is 14.5 Å². The fourth-order valence-corrected chi connectivity index (χ4v) is 6.41. The van der Waals surface area contributed by atoms with Crippen LogP contribution in [0, 0.1) is 5.92 Å². The lowest BCUT2D eigenvalue weighted by molar-refractivity contribution is -0.144. The molecule has 0 bridgehead atoms. The maximum absolute atomic E-state index is 13.9. The summed E-state index contributed by atoms with van der Waals surface area (Å²) in [6.45, 7) is 3.94. The highest BCUT2D eigenvalue weighted by Crippen LogP contribution is 2.55. The van der Waals surface area contributed by atoms with Crippen molar-refractivity contribution < 1.29 is 9.59 Å². The Kier molecular flexibility index (Phi) is 4.32. The van der Waals surface area contributed by atoms with Crippen LogP contribution in [0.4, 0.5) is 11.4 Å². The van der Waals surface area contributed by atoms with Crippen LogP contribution in [0.5, 0.6) is 0 Å². The first-order valence-corrected chi connectivity index (χ1v) is 11.5. The molecule has 6 rings (SSSR count). The van der Waals surface area contributed by atoms with Crippen LogP contribution in [0.1, 0.15) is 24.8 Å². The zero-order valence-corrected chi connectivity index (χ0v) is 17.7. The predicted molar refractivity (Wildman–Crippen MR) is 120 cm³/mol. The van der Waals surface area contributed by atoms with Crippen LogP contribution in [0.25, 0.3) is 0 Å². The molecule has 31 heavy (non-hydrogen) atoms. The first kappa shape index (κ1) is 18.9. The smallest absolute Gasteiger partial charge is 0.250 e. The van der Waals surface area contributed by atoms with Crippen molar-refractivity contribution in [3.05, 3.63) is 60.2 Å². The Hall–Kier alpha value is -2.86. The molecule has 4 heterocycles. The molecule has 4 aliphatic rings. The second-order valence-corrected chi connectivity index (χ2v) is 9.19. The average molecular weight is 417 g/mol. The van der Waals surface area contributed by atoms with Crippen LogP contribution in [-0.4, -0.2) is 60.4 Å². The molecule has 0 saturated carbocycles. The number of nitrogens with zero attached hydrogens (tertiary/aromatic N) is 3. The first-order valence-electron chi connectivity index (χ1n) is 11.5. The van der Waals surface area contributed by atoms with Gasteiger partial charge in [-0.1, -0.05) is 36.4 Å². The fraction of sp³-hybridized carbons (Fsp3) is 0.440. The molecule has 4 aliphatic heterocycles.